The Balaban J connectivity index is 0.000000328. The van der Waals surface area contributed by atoms with Crippen molar-refractivity contribution < 1.29 is 4.48 Å². The Hall–Kier alpha value is -6.09. The molecule has 0 heterocycles. The Kier molecular flexibility index (Phi) is 10.2. The van der Waals surface area contributed by atoms with Gasteiger partial charge < -0.3 is 0 Å². The van der Waals surface area contributed by atoms with Crippen LogP contribution in [0, 0.1) is 0 Å². The van der Waals surface area contributed by atoms with Crippen molar-refractivity contribution in [3.63, 3.8) is 0 Å². The summed E-state index contributed by atoms with van der Waals surface area (Å²) in [6.07, 6.45) is 6.66. The highest BCUT2D eigenvalue weighted by Gasteiger charge is 2.11. The number of hydrogen-bond donors (Lipinski definition) is 1. The van der Waals surface area contributed by atoms with Crippen LogP contribution in [0.3, 0.4) is 0 Å². The standard InChI is InChI=1S/C38H26.C9H10.FH2N/c1-3-25-13-14-27(21-26(25)4-2)28-17-19-34-30(22-28)15-16-31-23-32(18-20-35(31)34)38-24-29-9-5-6-10-33(29)36-11-7-8-12-37(36)38;1-2-6-9-7-4-3-5-8-9;1-2/h3-24H,1-2H2;2-5,7-8H,1,6H2;2H2. The molecule has 8 aromatic carbocycles. The summed E-state index contributed by atoms with van der Waals surface area (Å²) < 4.78 is 9.00. The second kappa shape index (κ2) is 15.2. The minimum absolute atomic E-state index is 0.973. The zero-order valence-corrected chi connectivity index (χ0v) is 27.4. The van der Waals surface area contributed by atoms with Crippen molar-refractivity contribution in [1.29, 1.82) is 0 Å². The minimum Gasteiger partial charge on any atom is -0.172 e. The molecule has 0 aromatic heterocycles. The molecule has 238 valence electrons. The van der Waals surface area contributed by atoms with Crippen molar-refractivity contribution in [3.05, 3.63) is 194 Å². The van der Waals surface area contributed by atoms with Gasteiger partial charge in [0, 0.05) is 0 Å². The Morgan fingerprint density at radius 2 is 0.939 bits per heavy atom. The van der Waals surface area contributed by atoms with Gasteiger partial charge in [0.15, 0.2) is 0 Å². The summed E-state index contributed by atoms with van der Waals surface area (Å²) in [7, 11) is 0. The average Bonchev–Trinajstić information content (AvgIpc) is 3.18. The molecule has 0 bridgehead atoms. The maximum atomic E-state index is 9.00. The van der Waals surface area contributed by atoms with Crippen LogP contribution in [0.15, 0.2) is 177 Å². The predicted molar refractivity (Wildman–Crippen MR) is 213 cm³/mol. The van der Waals surface area contributed by atoms with Crippen LogP contribution < -0.4 is 5.96 Å². The first-order chi connectivity index (χ1) is 24.2. The monoisotopic (exact) mass is 635 g/mol. The quantitative estimate of drug-likeness (QED) is 0.110. The molecule has 0 aliphatic rings. The first-order valence-corrected chi connectivity index (χ1v) is 16.3. The van der Waals surface area contributed by atoms with Crippen molar-refractivity contribution in [2.75, 3.05) is 0 Å². The van der Waals surface area contributed by atoms with Crippen molar-refractivity contribution >= 4 is 55.2 Å². The number of nitrogens with two attached hydrogens (primary N) is 1. The summed E-state index contributed by atoms with van der Waals surface area (Å²) in [5, 5.41) is 10.2. The summed E-state index contributed by atoms with van der Waals surface area (Å²) >= 11 is 0. The van der Waals surface area contributed by atoms with Crippen LogP contribution in [0.4, 0.5) is 4.48 Å². The average molecular weight is 636 g/mol. The summed E-state index contributed by atoms with van der Waals surface area (Å²) in [4.78, 5) is 0. The van der Waals surface area contributed by atoms with Crippen molar-refractivity contribution in [1.82, 2.24) is 0 Å². The van der Waals surface area contributed by atoms with E-state index in [0.717, 1.165) is 17.5 Å². The van der Waals surface area contributed by atoms with Gasteiger partial charge in [0.1, 0.15) is 0 Å². The summed E-state index contributed by atoms with van der Waals surface area (Å²) in [6, 6.07) is 54.7. The molecule has 0 aliphatic carbocycles. The van der Waals surface area contributed by atoms with Crippen LogP contribution in [0.2, 0.25) is 0 Å². The maximum Gasteiger partial charge on any atom is -0.00988 e. The van der Waals surface area contributed by atoms with E-state index in [4.69, 9.17) is 4.48 Å². The van der Waals surface area contributed by atoms with Crippen LogP contribution in [0.1, 0.15) is 16.7 Å². The number of halogens is 1. The first-order valence-electron chi connectivity index (χ1n) is 16.3. The third kappa shape index (κ3) is 6.82. The van der Waals surface area contributed by atoms with Crippen molar-refractivity contribution in [2.24, 2.45) is 5.96 Å². The van der Waals surface area contributed by atoms with Gasteiger partial charge in [0.05, 0.1) is 0 Å². The van der Waals surface area contributed by atoms with Gasteiger partial charge in [-0.25, -0.2) is 0 Å². The number of allylic oxidation sites excluding steroid dienone is 1. The van der Waals surface area contributed by atoms with Gasteiger partial charge in [-0.15, -0.1) is 11.1 Å². The molecule has 0 aliphatic heterocycles. The molecule has 2 heteroatoms. The molecule has 0 unspecified atom stereocenters. The zero-order valence-electron chi connectivity index (χ0n) is 27.4. The molecule has 0 spiro atoms. The third-order valence-electron chi connectivity index (χ3n) is 9.00. The Bertz CT molecular complexity index is 2440. The largest absolute Gasteiger partial charge is 0.172 e. The molecular weight excluding hydrogens is 598 g/mol. The van der Waals surface area contributed by atoms with E-state index in [1.807, 2.05) is 36.4 Å². The minimum atomic E-state index is 0.973. The summed E-state index contributed by atoms with van der Waals surface area (Å²) in [6.45, 7) is 11.5. The highest BCUT2D eigenvalue weighted by Crippen LogP contribution is 2.37. The van der Waals surface area contributed by atoms with E-state index in [9.17, 15) is 0 Å². The number of rotatable bonds is 6. The highest BCUT2D eigenvalue weighted by molar-refractivity contribution is 6.15. The molecule has 8 rings (SSSR count). The lowest BCUT2D eigenvalue weighted by atomic mass is 9.91. The topological polar surface area (TPSA) is 26.0 Å². The fraction of sp³-hybridized carbons (Fsp3) is 0.0213. The second-order valence-electron chi connectivity index (χ2n) is 11.9. The normalized spacial score (nSPS) is 10.6. The molecule has 0 saturated carbocycles. The van der Waals surface area contributed by atoms with E-state index in [2.05, 4.69) is 159 Å². The Morgan fingerprint density at radius 3 is 1.61 bits per heavy atom. The zero-order chi connectivity index (χ0) is 34.2. The lowest BCUT2D eigenvalue weighted by Gasteiger charge is -2.13. The molecule has 0 saturated heterocycles. The van der Waals surface area contributed by atoms with Gasteiger partial charge in [0.2, 0.25) is 0 Å². The first kappa shape index (κ1) is 32.8. The van der Waals surface area contributed by atoms with Crippen LogP contribution in [0.5, 0.6) is 0 Å². The summed E-state index contributed by atoms with van der Waals surface area (Å²) in [5.74, 6) is 3.00. The van der Waals surface area contributed by atoms with Gasteiger partial charge in [-0.2, -0.15) is 5.96 Å². The molecule has 2 N–H and O–H groups in total. The van der Waals surface area contributed by atoms with E-state index in [1.165, 1.54) is 70.9 Å². The van der Waals surface area contributed by atoms with Gasteiger partial charge in [-0.05, 0) is 113 Å². The fourth-order valence-electron chi connectivity index (χ4n) is 6.61. The second-order valence-corrected chi connectivity index (χ2v) is 11.9. The van der Waals surface area contributed by atoms with Crippen LogP contribution in [0.25, 0.3) is 77.5 Å². The predicted octanol–water partition coefficient (Wildman–Crippen LogP) is 13.2. The van der Waals surface area contributed by atoms with Crippen molar-refractivity contribution in [2.45, 2.75) is 6.42 Å². The highest BCUT2D eigenvalue weighted by atomic mass is 19.2. The maximum absolute atomic E-state index is 9.00. The van der Waals surface area contributed by atoms with Gasteiger partial charge in [0.25, 0.3) is 0 Å². The van der Waals surface area contributed by atoms with E-state index in [-0.39, 0.29) is 0 Å². The fourth-order valence-corrected chi connectivity index (χ4v) is 6.61. The lowest BCUT2D eigenvalue weighted by Crippen LogP contribution is -1.87. The van der Waals surface area contributed by atoms with Gasteiger partial charge in [-0.1, -0.05) is 159 Å². The smallest absolute Gasteiger partial charge is 0.00988 e. The number of benzene rings is 8. The van der Waals surface area contributed by atoms with E-state index in [1.54, 1.807) is 0 Å². The van der Waals surface area contributed by atoms with Gasteiger partial charge >= 0.3 is 0 Å². The molecule has 49 heavy (non-hydrogen) atoms. The Morgan fingerprint density at radius 1 is 0.429 bits per heavy atom. The number of hydrogen-bond acceptors (Lipinski definition) is 1. The van der Waals surface area contributed by atoms with Crippen LogP contribution in [-0.4, -0.2) is 0 Å². The lowest BCUT2D eigenvalue weighted by molar-refractivity contribution is 0.530. The molecule has 0 fully saturated rings. The molecular formula is C47H38FN. The van der Waals surface area contributed by atoms with E-state index in [0.29, 0.717) is 0 Å². The third-order valence-corrected chi connectivity index (χ3v) is 9.00. The van der Waals surface area contributed by atoms with Crippen LogP contribution >= 0.6 is 0 Å². The van der Waals surface area contributed by atoms with Gasteiger partial charge in [-0.3, -0.25) is 0 Å². The summed E-state index contributed by atoms with van der Waals surface area (Å²) in [5.41, 5.74) is 8.44. The van der Waals surface area contributed by atoms with Crippen molar-refractivity contribution in [3.8, 4) is 22.3 Å². The molecule has 1 nitrogen and oxygen atoms in total. The molecule has 0 atom stereocenters. The van der Waals surface area contributed by atoms with E-state index >= 15 is 0 Å². The molecule has 8 aromatic rings. The molecule has 0 amide bonds. The Labute approximate surface area is 287 Å². The van der Waals surface area contributed by atoms with E-state index < -0.39 is 0 Å². The SMILES string of the molecule is C=CCc1ccccc1.C=Cc1ccc(-c2ccc3c(ccc4cc(-c5cc6ccccc6c6ccccc56)ccc43)c2)cc1C=C.NF. The molecule has 0 radical (unpaired) electrons. The number of fused-ring (bicyclic) bond motifs is 6. The van der Waals surface area contributed by atoms with Crippen LogP contribution in [-0.2, 0) is 6.42 Å².